The molecular formula is C21H25N5O5. The minimum absolute atomic E-state index is 0.107. The molecule has 1 unspecified atom stereocenters. The molecule has 2 aliphatic rings. The fraction of sp³-hybridized carbons (Fsp3) is 0.476. The molecule has 0 bridgehead atoms. The van der Waals surface area contributed by atoms with Crippen LogP contribution in [-0.4, -0.2) is 73.9 Å². The SMILES string of the molecule is Cc1ccccc1OC[C@@H]1O[C@H](n2cnc3c(NC4CCOC4)ncnc32)[C@@H](O)[C@H]1O. The number of aromatic nitrogens is 4. The molecule has 10 heteroatoms. The lowest BCUT2D eigenvalue weighted by atomic mass is 10.1. The Morgan fingerprint density at radius 2 is 2.06 bits per heavy atom. The van der Waals surface area contributed by atoms with Gasteiger partial charge in [0, 0.05) is 6.61 Å². The van der Waals surface area contributed by atoms with E-state index >= 15 is 0 Å². The van der Waals surface area contributed by atoms with Crippen molar-refractivity contribution in [2.75, 3.05) is 25.1 Å². The lowest BCUT2D eigenvalue weighted by Gasteiger charge is -2.17. The molecule has 2 fully saturated rings. The van der Waals surface area contributed by atoms with E-state index in [-0.39, 0.29) is 12.6 Å². The number of aryl methyl sites for hydroxylation is 1. The Bertz CT molecular complexity index is 1050. The standard InChI is InChI=1S/C21H25N5O5/c1-12-4-2-3-5-14(12)30-9-15-17(27)18(28)21(31-15)26-11-24-16-19(22-10-23-20(16)26)25-13-6-7-29-8-13/h2-5,10-11,13,15,17-18,21,27-28H,6-9H2,1H3,(H,22,23,25)/t13?,15-,17-,18-,21-/m0/s1. The highest BCUT2D eigenvalue weighted by atomic mass is 16.6. The number of aliphatic hydroxyl groups excluding tert-OH is 2. The molecule has 0 spiro atoms. The van der Waals surface area contributed by atoms with Crippen molar-refractivity contribution in [2.24, 2.45) is 0 Å². The maximum absolute atomic E-state index is 10.7. The Labute approximate surface area is 178 Å². The summed E-state index contributed by atoms with van der Waals surface area (Å²) in [6, 6.07) is 7.78. The number of benzene rings is 1. The quantitative estimate of drug-likeness (QED) is 0.529. The third kappa shape index (κ3) is 3.83. The number of nitrogens with zero attached hydrogens (tertiary/aromatic N) is 4. The van der Waals surface area contributed by atoms with Gasteiger partial charge in [0.05, 0.1) is 19.0 Å². The molecule has 31 heavy (non-hydrogen) atoms. The highest BCUT2D eigenvalue weighted by molar-refractivity contribution is 5.82. The summed E-state index contributed by atoms with van der Waals surface area (Å²) in [5, 5.41) is 24.5. The van der Waals surface area contributed by atoms with Gasteiger partial charge in [-0.1, -0.05) is 18.2 Å². The van der Waals surface area contributed by atoms with Gasteiger partial charge in [0.15, 0.2) is 23.2 Å². The minimum Gasteiger partial charge on any atom is -0.491 e. The van der Waals surface area contributed by atoms with E-state index in [1.54, 1.807) is 10.9 Å². The second-order valence-electron chi connectivity index (χ2n) is 7.87. The van der Waals surface area contributed by atoms with Gasteiger partial charge in [-0.15, -0.1) is 0 Å². The Morgan fingerprint density at radius 1 is 1.19 bits per heavy atom. The van der Waals surface area contributed by atoms with Crippen molar-refractivity contribution in [2.45, 2.75) is 43.9 Å². The molecule has 4 heterocycles. The van der Waals surface area contributed by atoms with E-state index in [1.807, 2.05) is 31.2 Å². The molecule has 0 amide bonds. The molecule has 0 radical (unpaired) electrons. The highest BCUT2D eigenvalue weighted by Crippen LogP contribution is 2.33. The number of hydrogen-bond acceptors (Lipinski definition) is 9. The van der Waals surface area contributed by atoms with Crippen molar-refractivity contribution in [3.63, 3.8) is 0 Å². The number of rotatable bonds is 6. The van der Waals surface area contributed by atoms with E-state index < -0.39 is 24.5 Å². The Morgan fingerprint density at radius 3 is 2.87 bits per heavy atom. The molecule has 1 aromatic carbocycles. The van der Waals surface area contributed by atoms with Gasteiger partial charge >= 0.3 is 0 Å². The first-order valence-corrected chi connectivity index (χ1v) is 10.3. The lowest BCUT2D eigenvalue weighted by Crippen LogP contribution is -2.34. The number of ether oxygens (including phenoxy) is 3. The summed E-state index contributed by atoms with van der Waals surface area (Å²) in [7, 11) is 0. The van der Waals surface area contributed by atoms with Crippen LogP contribution >= 0.6 is 0 Å². The molecule has 164 valence electrons. The average molecular weight is 427 g/mol. The summed E-state index contributed by atoms with van der Waals surface area (Å²) in [5.74, 6) is 1.32. The summed E-state index contributed by atoms with van der Waals surface area (Å²) in [6.45, 7) is 3.38. The third-order valence-electron chi connectivity index (χ3n) is 5.74. The monoisotopic (exact) mass is 427 g/mol. The molecule has 2 saturated heterocycles. The van der Waals surface area contributed by atoms with Crippen molar-refractivity contribution in [1.82, 2.24) is 19.5 Å². The van der Waals surface area contributed by atoms with Crippen LogP contribution in [0.2, 0.25) is 0 Å². The zero-order valence-corrected chi connectivity index (χ0v) is 17.1. The summed E-state index contributed by atoms with van der Waals surface area (Å²) in [4.78, 5) is 13.1. The second kappa shape index (κ2) is 8.39. The van der Waals surface area contributed by atoms with Crippen LogP contribution in [0, 0.1) is 6.92 Å². The maximum atomic E-state index is 10.7. The van der Waals surface area contributed by atoms with Crippen LogP contribution in [0.25, 0.3) is 11.2 Å². The van der Waals surface area contributed by atoms with Crippen molar-refractivity contribution in [1.29, 1.82) is 0 Å². The van der Waals surface area contributed by atoms with E-state index in [0.717, 1.165) is 12.0 Å². The van der Waals surface area contributed by atoms with Gasteiger partial charge in [-0.3, -0.25) is 4.57 Å². The molecule has 5 atom stereocenters. The van der Waals surface area contributed by atoms with Crippen molar-refractivity contribution >= 4 is 17.0 Å². The zero-order chi connectivity index (χ0) is 21.4. The zero-order valence-electron chi connectivity index (χ0n) is 17.1. The smallest absolute Gasteiger partial charge is 0.167 e. The number of hydrogen-bond donors (Lipinski definition) is 3. The first-order chi connectivity index (χ1) is 15.1. The van der Waals surface area contributed by atoms with Crippen LogP contribution in [-0.2, 0) is 9.47 Å². The number of imidazole rings is 1. The Hall–Kier alpha value is -2.79. The number of nitrogens with one attached hydrogen (secondary N) is 1. The molecule has 2 aliphatic heterocycles. The fourth-order valence-electron chi connectivity index (χ4n) is 3.97. The topological polar surface area (TPSA) is 124 Å². The molecule has 10 nitrogen and oxygen atoms in total. The van der Waals surface area contributed by atoms with Crippen molar-refractivity contribution in [3.8, 4) is 5.75 Å². The Balaban J connectivity index is 1.34. The average Bonchev–Trinajstić information content (AvgIpc) is 3.50. The predicted molar refractivity (Wildman–Crippen MR) is 111 cm³/mol. The molecule has 0 aliphatic carbocycles. The van der Waals surface area contributed by atoms with E-state index in [4.69, 9.17) is 14.2 Å². The fourth-order valence-corrected chi connectivity index (χ4v) is 3.97. The van der Waals surface area contributed by atoms with E-state index in [0.29, 0.717) is 35.9 Å². The maximum Gasteiger partial charge on any atom is 0.167 e. The number of fused-ring (bicyclic) bond motifs is 1. The van der Waals surface area contributed by atoms with Crippen molar-refractivity contribution in [3.05, 3.63) is 42.5 Å². The van der Waals surface area contributed by atoms with Gasteiger partial charge in [0.25, 0.3) is 0 Å². The molecule has 3 N–H and O–H groups in total. The Kier molecular flexibility index (Phi) is 5.45. The van der Waals surface area contributed by atoms with Gasteiger partial charge in [-0.25, -0.2) is 15.0 Å². The largest absolute Gasteiger partial charge is 0.491 e. The minimum atomic E-state index is -1.16. The van der Waals surface area contributed by atoms with Crippen LogP contribution in [0.1, 0.15) is 18.2 Å². The summed E-state index contributed by atoms with van der Waals surface area (Å²) in [5.41, 5.74) is 2.06. The van der Waals surface area contributed by atoms with E-state index in [2.05, 4.69) is 20.3 Å². The van der Waals surface area contributed by atoms with Crippen LogP contribution in [0.5, 0.6) is 5.75 Å². The predicted octanol–water partition coefficient (Wildman–Crippen LogP) is 1.03. The second-order valence-corrected chi connectivity index (χ2v) is 7.87. The summed E-state index contributed by atoms with van der Waals surface area (Å²) in [6.07, 6.45) is 0.0655. The molecule has 3 aromatic rings. The van der Waals surface area contributed by atoms with Crippen LogP contribution in [0.4, 0.5) is 5.82 Å². The van der Waals surface area contributed by atoms with Crippen LogP contribution in [0.15, 0.2) is 36.9 Å². The van der Waals surface area contributed by atoms with Gasteiger partial charge in [-0.05, 0) is 25.0 Å². The van der Waals surface area contributed by atoms with Crippen molar-refractivity contribution < 1.29 is 24.4 Å². The first-order valence-electron chi connectivity index (χ1n) is 10.3. The number of anilines is 1. The van der Waals surface area contributed by atoms with Gasteiger partial charge < -0.3 is 29.7 Å². The molecular weight excluding hydrogens is 402 g/mol. The summed E-state index contributed by atoms with van der Waals surface area (Å²) >= 11 is 0. The summed E-state index contributed by atoms with van der Waals surface area (Å²) < 4.78 is 18.8. The van der Waals surface area contributed by atoms with E-state index in [9.17, 15) is 10.2 Å². The molecule has 5 rings (SSSR count). The van der Waals surface area contributed by atoms with Crippen LogP contribution < -0.4 is 10.1 Å². The normalized spacial score (nSPS) is 28.3. The lowest BCUT2D eigenvalue weighted by molar-refractivity contribution is -0.0475. The highest BCUT2D eigenvalue weighted by Gasteiger charge is 2.44. The van der Waals surface area contributed by atoms with E-state index in [1.165, 1.54) is 6.33 Å². The molecule has 2 aromatic heterocycles. The van der Waals surface area contributed by atoms with Crippen LogP contribution in [0.3, 0.4) is 0 Å². The molecule has 0 saturated carbocycles. The first kappa shape index (κ1) is 20.1. The number of para-hydroxylation sites is 1. The van der Waals surface area contributed by atoms with Gasteiger partial charge in [0.1, 0.15) is 37.0 Å². The van der Waals surface area contributed by atoms with Gasteiger partial charge in [-0.2, -0.15) is 0 Å². The third-order valence-corrected chi connectivity index (χ3v) is 5.74. The number of aliphatic hydroxyl groups is 2. The van der Waals surface area contributed by atoms with Gasteiger partial charge in [0.2, 0.25) is 0 Å².